The van der Waals surface area contributed by atoms with Crippen molar-refractivity contribution in [2.24, 2.45) is 0 Å². The van der Waals surface area contributed by atoms with Gasteiger partial charge in [0, 0.05) is 13.0 Å². The number of nitrogens with one attached hydrogen (secondary N) is 1. The zero-order valence-corrected chi connectivity index (χ0v) is 12.9. The molecular weight excluding hydrogens is 266 g/mol. The molecule has 0 bridgehead atoms. The Labute approximate surface area is 126 Å². The van der Waals surface area contributed by atoms with Crippen LogP contribution >= 0.6 is 0 Å². The fourth-order valence-electron chi connectivity index (χ4n) is 2.27. The number of hydrogen-bond acceptors (Lipinski definition) is 2. The van der Waals surface area contributed by atoms with Gasteiger partial charge in [0.15, 0.2) is 0 Å². The number of carboxylic acids is 1. The van der Waals surface area contributed by atoms with Crippen molar-refractivity contribution in [1.82, 2.24) is 5.32 Å². The Bertz CT molecular complexity index is 458. The summed E-state index contributed by atoms with van der Waals surface area (Å²) in [6.07, 6.45) is 4.30. The number of carbonyl (C=O) groups is 2. The summed E-state index contributed by atoms with van der Waals surface area (Å²) in [5.74, 6) is -1.19. The lowest BCUT2D eigenvalue weighted by Crippen LogP contribution is -2.39. The fraction of sp³-hybridized carbons (Fsp3) is 0.529. The maximum absolute atomic E-state index is 12.0. The second-order valence-electron chi connectivity index (χ2n) is 5.59. The van der Waals surface area contributed by atoms with Crippen molar-refractivity contribution in [3.63, 3.8) is 0 Å². The fourth-order valence-corrected chi connectivity index (χ4v) is 2.27. The summed E-state index contributed by atoms with van der Waals surface area (Å²) in [5.41, 5.74) is -0.534. The van der Waals surface area contributed by atoms with Crippen molar-refractivity contribution in [1.29, 1.82) is 0 Å². The second-order valence-corrected chi connectivity index (χ2v) is 5.59. The minimum absolute atomic E-state index is 0.0415. The van der Waals surface area contributed by atoms with Crippen molar-refractivity contribution in [2.45, 2.75) is 51.4 Å². The summed E-state index contributed by atoms with van der Waals surface area (Å²) in [7, 11) is 0. The van der Waals surface area contributed by atoms with E-state index in [-0.39, 0.29) is 12.3 Å². The molecule has 4 nitrogen and oxygen atoms in total. The molecule has 1 unspecified atom stereocenters. The molecule has 0 aliphatic rings. The second kappa shape index (κ2) is 8.45. The minimum Gasteiger partial charge on any atom is -0.481 e. The van der Waals surface area contributed by atoms with E-state index in [1.165, 1.54) is 0 Å². The van der Waals surface area contributed by atoms with Gasteiger partial charge in [-0.1, -0.05) is 56.5 Å². The maximum Gasteiger partial charge on any atom is 0.314 e. The van der Waals surface area contributed by atoms with Crippen LogP contribution in [0.25, 0.3) is 0 Å². The normalized spacial score (nSPS) is 13.4. The molecule has 0 fully saturated rings. The molecule has 0 aliphatic carbocycles. The number of hydrogen-bond donors (Lipinski definition) is 2. The highest BCUT2D eigenvalue weighted by Gasteiger charge is 2.37. The third-order valence-corrected chi connectivity index (χ3v) is 3.75. The molecule has 4 heteroatoms. The van der Waals surface area contributed by atoms with Gasteiger partial charge in [-0.2, -0.15) is 0 Å². The van der Waals surface area contributed by atoms with E-state index in [1.54, 1.807) is 31.2 Å². The van der Waals surface area contributed by atoms with E-state index < -0.39 is 11.4 Å². The topological polar surface area (TPSA) is 66.4 Å². The lowest BCUT2D eigenvalue weighted by molar-refractivity contribution is -0.145. The maximum atomic E-state index is 12.0. The molecule has 0 heterocycles. The third kappa shape index (κ3) is 5.21. The van der Waals surface area contributed by atoms with Crippen LogP contribution in [0, 0.1) is 0 Å². The van der Waals surface area contributed by atoms with E-state index in [9.17, 15) is 14.7 Å². The Balaban J connectivity index is 2.59. The van der Waals surface area contributed by atoms with E-state index in [0.29, 0.717) is 12.1 Å². The third-order valence-electron chi connectivity index (χ3n) is 3.75. The highest BCUT2D eigenvalue weighted by atomic mass is 16.4. The standard InChI is InChI=1S/C17H25NO3/c1-3-4-5-9-12-18-15(19)13-17(2,16(20)21)14-10-7-6-8-11-14/h6-8,10-11H,3-5,9,12-13H2,1-2H3,(H,18,19)(H,20,21). The zero-order valence-electron chi connectivity index (χ0n) is 12.9. The Morgan fingerprint density at radius 1 is 1.14 bits per heavy atom. The lowest BCUT2D eigenvalue weighted by atomic mass is 9.79. The molecular formula is C17H25NO3. The first-order chi connectivity index (χ1) is 10.0. The molecule has 0 aromatic heterocycles. The summed E-state index contributed by atoms with van der Waals surface area (Å²) in [4.78, 5) is 23.6. The van der Waals surface area contributed by atoms with Gasteiger partial charge in [0.2, 0.25) is 5.91 Å². The van der Waals surface area contributed by atoms with Gasteiger partial charge < -0.3 is 10.4 Å². The minimum atomic E-state index is -1.19. The van der Waals surface area contributed by atoms with Crippen LogP contribution in [0.2, 0.25) is 0 Å². The van der Waals surface area contributed by atoms with E-state index in [2.05, 4.69) is 12.2 Å². The summed E-state index contributed by atoms with van der Waals surface area (Å²) in [5, 5.41) is 12.3. The first kappa shape index (κ1) is 17.2. The summed E-state index contributed by atoms with van der Waals surface area (Å²) >= 11 is 0. The number of carbonyl (C=O) groups excluding carboxylic acids is 1. The number of unbranched alkanes of at least 4 members (excludes halogenated alkanes) is 3. The average Bonchev–Trinajstić information content (AvgIpc) is 2.47. The first-order valence-electron chi connectivity index (χ1n) is 7.56. The van der Waals surface area contributed by atoms with Crippen LogP contribution in [-0.2, 0) is 15.0 Å². The molecule has 0 saturated heterocycles. The Morgan fingerprint density at radius 2 is 1.81 bits per heavy atom. The van der Waals surface area contributed by atoms with Gasteiger partial charge in [-0.15, -0.1) is 0 Å². The van der Waals surface area contributed by atoms with E-state index >= 15 is 0 Å². The first-order valence-corrected chi connectivity index (χ1v) is 7.56. The summed E-state index contributed by atoms with van der Waals surface area (Å²) in [6.45, 7) is 4.35. The average molecular weight is 291 g/mol. The van der Waals surface area contributed by atoms with Crippen molar-refractivity contribution in [3.05, 3.63) is 35.9 Å². The summed E-state index contributed by atoms with van der Waals surface area (Å²) < 4.78 is 0. The Kier molecular flexibility index (Phi) is 6.92. The van der Waals surface area contributed by atoms with Crippen LogP contribution in [0.4, 0.5) is 0 Å². The molecule has 1 rings (SSSR count). The monoisotopic (exact) mass is 291 g/mol. The molecule has 1 atom stereocenters. The van der Waals surface area contributed by atoms with Crippen molar-refractivity contribution in [3.8, 4) is 0 Å². The molecule has 2 N–H and O–H groups in total. The highest BCUT2D eigenvalue weighted by Crippen LogP contribution is 2.27. The van der Waals surface area contributed by atoms with Crippen molar-refractivity contribution < 1.29 is 14.7 Å². The number of benzene rings is 1. The number of carboxylic acid groups (broad SMARTS) is 1. The quantitative estimate of drug-likeness (QED) is 0.687. The van der Waals surface area contributed by atoms with Crippen LogP contribution < -0.4 is 5.32 Å². The molecule has 0 spiro atoms. The van der Waals surface area contributed by atoms with Crippen LogP contribution in [0.3, 0.4) is 0 Å². The Hall–Kier alpha value is -1.84. The van der Waals surface area contributed by atoms with E-state index in [4.69, 9.17) is 0 Å². The molecule has 1 aromatic rings. The van der Waals surface area contributed by atoms with Gasteiger partial charge in [0.25, 0.3) is 0 Å². The number of aliphatic carboxylic acids is 1. The molecule has 116 valence electrons. The molecule has 0 radical (unpaired) electrons. The van der Waals surface area contributed by atoms with Gasteiger partial charge in [-0.05, 0) is 18.9 Å². The van der Waals surface area contributed by atoms with Crippen LogP contribution in [0.5, 0.6) is 0 Å². The van der Waals surface area contributed by atoms with E-state index in [0.717, 1.165) is 25.7 Å². The number of amides is 1. The Morgan fingerprint density at radius 3 is 2.38 bits per heavy atom. The van der Waals surface area contributed by atoms with Gasteiger partial charge in [-0.25, -0.2) is 0 Å². The van der Waals surface area contributed by atoms with Gasteiger partial charge >= 0.3 is 5.97 Å². The van der Waals surface area contributed by atoms with Gasteiger partial charge in [-0.3, -0.25) is 9.59 Å². The van der Waals surface area contributed by atoms with Crippen LogP contribution in [0.1, 0.15) is 51.5 Å². The highest BCUT2D eigenvalue weighted by molar-refractivity contribution is 5.89. The van der Waals surface area contributed by atoms with E-state index in [1.807, 2.05) is 6.07 Å². The SMILES string of the molecule is CCCCCCNC(=O)CC(C)(C(=O)O)c1ccccc1. The summed E-state index contributed by atoms with van der Waals surface area (Å²) in [6, 6.07) is 8.92. The van der Waals surface area contributed by atoms with Crippen molar-refractivity contribution >= 4 is 11.9 Å². The van der Waals surface area contributed by atoms with Crippen molar-refractivity contribution in [2.75, 3.05) is 6.54 Å². The molecule has 1 amide bonds. The van der Waals surface area contributed by atoms with Crippen LogP contribution in [-0.4, -0.2) is 23.5 Å². The molecule has 21 heavy (non-hydrogen) atoms. The van der Waals surface area contributed by atoms with Gasteiger partial charge in [0.1, 0.15) is 0 Å². The predicted octanol–water partition coefficient (Wildman–Crippen LogP) is 3.12. The molecule has 0 saturated carbocycles. The zero-order chi connectivity index (χ0) is 15.7. The predicted molar refractivity (Wildman–Crippen MR) is 83.2 cm³/mol. The largest absolute Gasteiger partial charge is 0.481 e. The smallest absolute Gasteiger partial charge is 0.314 e. The van der Waals surface area contributed by atoms with Crippen LogP contribution in [0.15, 0.2) is 30.3 Å². The molecule has 1 aromatic carbocycles. The number of rotatable bonds is 9. The lowest BCUT2D eigenvalue weighted by Gasteiger charge is -2.24. The van der Waals surface area contributed by atoms with Gasteiger partial charge in [0.05, 0.1) is 5.41 Å². The molecule has 0 aliphatic heterocycles.